The fourth-order valence-electron chi connectivity index (χ4n) is 2.45. The first-order chi connectivity index (χ1) is 12.7. The summed E-state index contributed by atoms with van der Waals surface area (Å²) in [6, 6.07) is 7.16. The van der Waals surface area contributed by atoms with Gasteiger partial charge in [0.2, 0.25) is 5.91 Å². The molecule has 3 N–H and O–H groups in total. The third kappa shape index (κ3) is 7.13. The Morgan fingerprint density at radius 3 is 3.08 bits per heavy atom. The van der Waals surface area contributed by atoms with Gasteiger partial charge in [-0.1, -0.05) is 12.0 Å². The fraction of sp³-hybridized carbons (Fsp3) is 0.474. The summed E-state index contributed by atoms with van der Waals surface area (Å²) in [5, 5.41) is 8.92. The number of aliphatic imine (C=N–C) groups is 1. The fourth-order valence-corrected chi connectivity index (χ4v) is 2.45. The predicted octanol–water partition coefficient (Wildman–Crippen LogP) is 0.967. The summed E-state index contributed by atoms with van der Waals surface area (Å²) in [5.74, 6) is 2.93. The van der Waals surface area contributed by atoms with Crippen molar-refractivity contribution in [1.82, 2.24) is 10.6 Å². The number of hydrogen-bond acceptors (Lipinski definition) is 4. The van der Waals surface area contributed by atoms with E-state index in [4.69, 9.17) is 15.9 Å². The van der Waals surface area contributed by atoms with E-state index in [2.05, 4.69) is 26.9 Å². The van der Waals surface area contributed by atoms with Crippen molar-refractivity contribution in [3.05, 3.63) is 29.8 Å². The van der Waals surface area contributed by atoms with Crippen LogP contribution < -0.4 is 16.0 Å². The van der Waals surface area contributed by atoms with Gasteiger partial charge in [-0.15, -0.1) is 6.42 Å². The number of rotatable bonds is 8. The van der Waals surface area contributed by atoms with Crippen LogP contribution >= 0.6 is 0 Å². The Hall–Kier alpha value is -2.56. The molecule has 0 aliphatic carbocycles. The highest BCUT2D eigenvalue weighted by molar-refractivity contribution is 5.95. The average molecular weight is 358 g/mol. The molecule has 1 unspecified atom stereocenters. The molecule has 1 aliphatic heterocycles. The highest BCUT2D eigenvalue weighted by Gasteiger charge is 2.15. The van der Waals surface area contributed by atoms with E-state index in [1.165, 1.54) is 0 Å². The lowest BCUT2D eigenvalue weighted by Gasteiger charge is -2.13. The van der Waals surface area contributed by atoms with Crippen LogP contribution in [0.2, 0.25) is 0 Å². The first kappa shape index (κ1) is 19.8. The van der Waals surface area contributed by atoms with E-state index < -0.39 is 0 Å². The quantitative estimate of drug-likeness (QED) is 0.279. The molecule has 1 aliphatic rings. The number of carbonyl (C=O) groups is 1. The highest BCUT2D eigenvalue weighted by atomic mass is 16.5. The Balaban J connectivity index is 1.61. The number of anilines is 1. The Morgan fingerprint density at radius 2 is 2.35 bits per heavy atom. The number of nitrogens with zero attached hydrogens (tertiary/aromatic N) is 1. The van der Waals surface area contributed by atoms with Crippen molar-refractivity contribution in [2.45, 2.75) is 18.9 Å². The zero-order chi connectivity index (χ0) is 18.6. The maximum Gasteiger partial charge on any atom is 0.243 e. The lowest BCUT2D eigenvalue weighted by atomic mass is 10.2. The molecule has 2 rings (SSSR count). The van der Waals surface area contributed by atoms with Crippen LogP contribution in [0, 0.1) is 12.3 Å². The van der Waals surface area contributed by atoms with Gasteiger partial charge in [-0.25, -0.2) is 0 Å². The third-order valence-corrected chi connectivity index (χ3v) is 3.81. The third-order valence-electron chi connectivity index (χ3n) is 3.81. The topological polar surface area (TPSA) is 84.0 Å². The van der Waals surface area contributed by atoms with Crippen molar-refractivity contribution in [3.8, 4) is 12.3 Å². The molecule has 0 bridgehead atoms. The normalized spacial score (nSPS) is 16.8. The van der Waals surface area contributed by atoms with Gasteiger partial charge in [0, 0.05) is 38.1 Å². The monoisotopic (exact) mass is 358 g/mol. The molecule has 1 aromatic rings. The molecule has 1 aromatic carbocycles. The Morgan fingerprint density at radius 1 is 1.46 bits per heavy atom. The van der Waals surface area contributed by atoms with Crippen molar-refractivity contribution < 1.29 is 14.3 Å². The molecule has 1 fully saturated rings. The first-order valence-electron chi connectivity index (χ1n) is 8.71. The Kier molecular flexibility index (Phi) is 8.46. The smallest absolute Gasteiger partial charge is 0.243 e. The lowest BCUT2D eigenvalue weighted by molar-refractivity contribution is -0.115. The molecule has 7 heteroatoms. The minimum Gasteiger partial charge on any atom is -0.379 e. The van der Waals surface area contributed by atoms with Crippen LogP contribution in [-0.4, -0.2) is 57.9 Å². The summed E-state index contributed by atoms with van der Waals surface area (Å²) in [4.78, 5) is 16.1. The zero-order valence-corrected chi connectivity index (χ0v) is 15.1. The molecule has 1 heterocycles. The van der Waals surface area contributed by atoms with E-state index in [-0.39, 0.29) is 18.6 Å². The number of guanidine groups is 1. The second-order valence-electron chi connectivity index (χ2n) is 5.84. The van der Waals surface area contributed by atoms with E-state index in [9.17, 15) is 4.79 Å². The minimum atomic E-state index is -0.174. The number of ether oxygens (including phenoxy) is 2. The summed E-state index contributed by atoms with van der Waals surface area (Å²) in [5.41, 5.74) is 1.39. The van der Waals surface area contributed by atoms with Gasteiger partial charge in [-0.3, -0.25) is 9.79 Å². The van der Waals surface area contributed by atoms with Crippen LogP contribution in [0.4, 0.5) is 5.69 Å². The van der Waals surface area contributed by atoms with Gasteiger partial charge < -0.3 is 25.4 Å². The van der Waals surface area contributed by atoms with Crippen molar-refractivity contribution in [2.75, 3.05) is 45.3 Å². The molecule has 1 atom stereocenters. The van der Waals surface area contributed by atoms with Gasteiger partial charge in [0.25, 0.3) is 0 Å². The largest absolute Gasteiger partial charge is 0.379 e. The van der Waals surface area contributed by atoms with Crippen LogP contribution in [0.25, 0.3) is 0 Å². The second-order valence-corrected chi connectivity index (χ2v) is 5.84. The predicted molar refractivity (Wildman–Crippen MR) is 102 cm³/mol. The van der Waals surface area contributed by atoms with Gasteiger partial charge >= 0.3 is 0 Å². The van der Waals surface area contributed by atoms with Crippen LogP contribution in [0.5, 0.6) is 0 Å². The van der Waals surface area contributed by atoms with E-state index in [1.54, 1.807) is 25.2 Å². The molecular weight excluding hydrogens is 332 g/mol. The zero-order valence-electron chi connectivity index (χ0n) is 15.1. The van der Waals surface area contributed by atoms with Gasteiger partial charge in [0.1, 0.15) is 0 Å². The molecule has 140 valence electrons. The maximum absolute atomic E-state index is 12.0. The van der Waals surface area contributed by atoms with E-state index >= 15 is 0 Å². The number of carbonyl (C=O) groups excluding carboxylic acids is 1. The number of nitrogens with one attached hydrogen (secondary N) is 3. The molecule has 1 saturated heterocycles. The molecule has 1 amide bonds. The van der Waals surface area contributed by atoms with Crippen molar-refractivity contribution >= 4 is 17.6 Å². The Labute approximate surface area is 154 Å². The van der Waals surface area contributed by atoms with Crippen LogP contribution in [0.1, 0.15) is 18.4 Å². The molecule has 0 aromatic heterocycles. The number of hydrogen-bond donors (Lipinski definition) is 3. The standard InChI is InChI=1S/C19H26N4O3/c1-3-15-6-4-7-16(12-15)23-18(24)13-22-19(20-2)21-9-5-10-26-17-8-11-25-14-17/h1,4,6-7,12,17H,5,8-11,13-14H2,2H3,(H,23,24)(H2,20,21,22). The summed E-state index contributed by atoms with van der Waals surface area (Å²) < 4.78 is 11.0. The molecule has 0 spiro atoms. The molecule has 7 nitrogen and oxygen atoms in total. The number of benzene rings is 1. The van der Waals surface area contributed by atoms with Crippen LogP contribution in [0.3, 0.4) is 0 Å². The second kappa shape index (κ2) is 11.1. The van der Waals surface area contributed by atoms with Crippen molar-refractivity contribution in [2.24, 2.45) is 4.99 Å². The van der Waals surface area contributed by atoms with Crippen LogP contribution in [-0.2, 0) is 14.3 Å². The van der Waals surface area contributed by atoms with E-state index in [1.807, 2.05) is 6.07 Å². The molecule has 0 saturated carbocycles. The number of amides is 1. The van der Waals surface area contributed by atoms with Crippen molar-refractivity contribution in [3.63, 3.8) is 0 Å². The highest BCUT2D eigenvalue weighted by Crippen LogP contribution is 2.09. The SMILES string of the molecule is C#Cc1cccc(NC(=O)CNC(=NC)NCCCOC2CCOC2)c1. The summed E-state index contributed by atoms with van der Waals surface area (Å²) in [7, 11) is 1.66. The van der Waals surface area contributed by atoms with E-state index in [0.29, 0.717) is 31.4 Å². The molecule has 26 heavy (non-hydrogen) atoms. The first-order valence-corrected chi connectivity index (χ1v) is 8.71. The Bertz CT molecular complexity index is 648. The van der Waals surface area contributed by atoms with Gasteiger partial charge in [-0.05, 0) is 31.0 Å². The molecule has 0 radical (unpaired) electrons. The summed E-state index contributed by atoms with van der Waals surface area (Å²) in [6.45, 7) is 2.96. The number of terminal acetylenes is 1. The van der Waals surface area contributed by atoms with E-state index in [0.717, 1.165) is 25.0 Å². The van der Waals surface area contributed by atoms with Gasteiger partial charge in [0.05, 0.1) is 19.3 Å². The average Bonchev–Trinajstić information content (AvgIpc) is 3.17. The minimum absolute atomic E-state index is 0.107. The van der Waals surface area contributed by atoms with Crippen LogP contribution in [0.15, 0.2) is 29.3 Å². The molecular formula is C19H26N4O3. The van der Waals surface area contributed by atoms with Gasteiger partial charge in [0.15, 0.2) is 5.96 Å². The maximum atomic E-state index is 12.0. The van der Waals surface area contributed by atoms with Crippen molar-refractivity contribution in [1.29, 1.82) is 0 Å². The summed E-state index contributed by atoms with van der Waals surface area (Å²) in [6.07, 6.45) is 7.40. The lowest BCUT2D eigenvalue weighted by Crippen LogP contribution is -2.41. The summed E-state index contributed by atoms with van der Waals surface area (Å²) >= 11 is 0. The van der Waals surface area contributed by atoms with Gasteiger partial charge in [-0.2, -0.15) is 0 Å².